The maximum absolute atomic E-state index is 11.7. The van der Waals surface area contributed by atoms with Crippen molar-refractivity contribution in [3.05, 3.63) is 57.0 Å². The fourth-order valence-corrected chi connectivity index (χ4v) is 5.15. The average molecular weight is 526 g/mol. The van der Waals surface area contributed by atoms with E-state index < -0.39 is 11.6 Å². The Hall–Kier alpha value is -3.46. The largest absolute Gasteiger partial charge is 0.493 e. The van der Waals surface area contributed by atoms with Gasteiger partial charge in [-0.15, -0.1) is 0 Å². The minimum atomic E-state index is -0.822. The van der Waals surface area contributed by atoms with E-state index in [0.717, 1.165) is 63.9 Å². The maximum atomic E-state index is 11.7. The van der Waals surface area contributed by atoms with Crippen LogP contribution in [0.15, 0.2) is 29.2 Å². The highest BCUT2D eigenvalue weighted by Crippen LogP contribution is 2.44. The molecule has 0 aliphatic carbocycles. The smallest absolute Gasteiger partial charge is 0.303 e. The van der Waals surface area contributed by atoms with E-state index in [2.05, 4.69) is 5.32 Å². The van der Waals surface area contributed by atoms with Crippen LogP contribution in [0.25, 0.3) is 6.08 Å². The van der Waals surface area contributed by atoms with Gasteiger partial charge < -0.3 is 19.3 Å². The van der Waals surface area contributed by atoms with Gasteiger partial charge in [-0.05, 0) is 99.2 Å². The second kappa shape index (κ2) is 10.9. The van der Waals surface area contributed by atoms with E-state index in [4.69, 9.17) is 19.3 Å². The minimum absolute atomic E-state index is 0.0845. The van der Waals surface area contributed by atoms with Crippen molar-refractivity contribution < 1.29 is 33.7 Å². The number of aliphatic carboxylic acids is 1. The van der Waals surface area contributed by atoms with Gasteiger partial charge in [-0.3, -0.25) is 19.7 Å². The van der Waals surface area contributed by atoms with Gasteiger partial charge in [-0.2, -0.15) is 0 Å². The number of carboxylic acid groups (broad SMARTS) is 1. The van der Waals surface area contributed by atoms with Crippen LogP contribution < -0.4 is 19.5 Å². The fraction of sp³-hybridized carbons (Fsp3) is 0.393. The predicted octanol–water partition coefficient (Wildman–Crippen LogP) is 5.34. The summed E-state index contributed by atoms with van der Waals surface area (Å²) < 4.78 is 18.6. The number of carboxylic acids is 1. The Morgan fingerprint density at radius 2 is 1.86 bits per heavy atom. The third-order valence-corrected chi connectivity index (χ3v) is 7.52. The van der Waals surface area contributed by atoms with E-state index in [0.29, 0.717) is 30.3 Å². The van der Waals surface area contributed by atoms with Crippen molar-refractivity contribution in [3.63, 3.8) is 0 Å². The second-order valence-electron chi connectivity index (χ2n) is 9.62. The first kappa shape index (κ1) is 26.6. The summed E-state index contributed by atoms with van der Waals surface area (Å²) in [6.45, 7) is 8.82. The average Bonchev–Trinajstić information content (AvgIpc) is 3.17. The monoisotopic (exact) mass is 525 g/mol. The third kappa shape index (κ3) is 6.10. The molecule has 1 saturated heterocycles. The Morgan fingerprint density at radius 3 is 2.51 bits per heavy atom. The van der Waals surface area contributed by atoms with Gasteiger partial charge in [0.25, 0.3) is 11.1 Å². The summed E-state index contributed by atoms with van der Waals surface area (Å²) in [5.74, 6) is 1.17. The Bertz CT molecular complexity index is 1270. The zero-order chi connectivity index (χ0) is 26.7. The van der Waals surface area contributed by atoms with Gasteiger partial charge in [0.1, 0.15) is 29.5 Å². The van der Waals surface area contributed by atoms with Crippen LogP contribution in [-0.4, -0.2) is 41.0 Å². The van der Waals surface area contributed by atoms with Crippen LogP contribution in [-0.2, 0) is 16.0 Å². The first-order valence-corrected chi connectivity index (χ1v) is 13.0. The molecule has 2 amide bonds. The van der Waals surface area contributed by atoms with Crippen LogP contribution in [0.1, 0.15) is 54.0 Å². The van der Waals surface area contributed by atoms with E-state index in [-0.39, 0.29) is 17.6 Å². The number of fused-ring (bicyclic) bond motifs is 1. The maximum Gasteiger partial charge on any atom is 0.303 e. The third-order valence-electron chi connectivity index (χ3n) is 6.71. The molecule has 2 aromatic rings. The number of thioether (sulfide) groups is 1. The summed E-state index contributed by atoms with van der Waals surface area (Å²) in [7, 11) is 0. The molecule has 0 saturated carbocycles. The van der Waals surface area contributed by atoms with E-state index in [1.807, 2.05) is 52.0 Å². The lowest BCUT2D eigenvalue weighted by Gasteiger charge is -2.38. The number of amides is 2. The van der Waals surface area contributed by atoms with Crippen molar-refractivity contribution in [2.75, 3.05) is 13.2 Å². The van der Waals surface area contributed by atoms with Crippen molar-refractivity contribution in [1.29, 1.82) is 0 Å². The number of hydrogen-bond donors (Lipinski definition) is 2. The molecule has 2 aromatic carbocycles. The Labute approximate surface area is 220 Å². The van der Waals surface area contributed by atoms with E-state index in [1.165, 1.54) is 0 Å². The Balaban J connectivity index is 1.41. The number of imide groups is 1. The van der Waals surface area contributed by atoms with Gasteiger partial charge in [-0.25, -0.2) is 0 Å². The van der Waals surface area contributed by atoms with Gasteiger partial charge in [-0.1, -0.05) is 12.1 Å². The van der Waals surface area contributed by atoms with Crippen molar-refractivity contribution in [1.82, 2.24) is 5.32 Å². The van der Waals surface area contributed by atoms with Crippen LogP contribution in [0.3, 0.4) is 0 Å². The van der Waals surface area contributed by atoms with Gasteiger partial charge in [0.15, 0.2) is 0 Å². The van der Waals surface area contributed by atoms with Gasteiger partial charge in [0, 0.05) is 12.0 Å². The molecule has 2 aliphatic rings. The predicted molar refractivity (Wildman–Crippen MR) is 141 cm³/mol. The molecule has 37 heavy (non-hydrogen) atoms. The summed E-state index contributed by atoms with van der Waals surface area (Å²) in [5.41, 5.74) is 4.47. The number of nitrogens with one attached hydrogen (secondary N) is 1. The first-order chi connectivity index (χ1) is 17.6. The van der Waals surface area contributed by atoms with Crippen molar-refractivity contribution in [3.8, 4) is 17.2 Å². The lowest BCUT2D eigenvalue weighted by molar-refractivity contribution is -0.137. The minimum Gasteiger partial charge on any atom is -0.493 e. The molecule has 0 bridgehead atoms. The standard InChI is InChI=1S/C28H31NO7S/c1-16-17(2)25-21(18(3)24(16)34-13-5-6-23(30)31)11-12-28(4,36-25)15-35-20-9-7-19(8-10-20)14-22-26(32)29-27(33)37-22/h7-10,14H,5-6,11-13,15H2,1-4H3,(H,30,31)(H,29,32,33). The molecular weight excluding hydrogens is 494 g/mol. The summed E-state index contributed by atoms with van der Waals surface area (Å²) in [6, 6.07) is 7.35. The molecule has 4 rings (SSSR count). The molecule has 0 aromatic heterocycles. The molecule has 1 unspecified atom stereocenters. The summed E-state index contributed by atoms with van der Waals surface area (Å²) in [6.07, 6.45) is 3.81. The molecule has 8 nitrogen and oxygen atoms in total. The molecule has 196 valence electrons. The summed E-state index contributed by atoms with van der Waals surface area (Å²) in [5, 5.41) is 10.7. The van der Waals surface area contributed by atoms with Gasteiger partial charge >= 0.3 is 5.97 Å². The number of carbonyl (C=O) groups is 3. The number of ether oxygens (including phenoxy) is 3. The molecule has 0 spiro atoms. The highest BCUT2D eigenvalue weighted by Gasteiger charge is 2.35. The van der Waals surface area contributed by atoms with Crippen LogP contribution >= 0.6 is 11.8 Å². The highest BCUT2D eigenvalue weighted by molar-refractivity contribution is 8.18. The van der Waals surface area contributed by atoms with Gasteiger partial charge in [0.05, 0.1) is 11.5 Å². The number of rotatable bonds is 9. The van der Waals surface area contributed by atoms with Crippen molar-refractivity contribution in [2.24, 2.45) is 0 Å². The zero-order valence-corrected chi connectivity index (χ0v) is 22.3. The molecule has 0 radical (unpaired) electrons. The van der Waals surface area contributed by atoms with Crippen molar-refractivity contribution >= 4 is 35.0 Å². The molecule has 2 N–H and O–H groups in total. The molecule has 2 aliphatic heterocycles. The van der Waals surface area contributed by atoms with Crippen molar-refractivity contribution in [2.45, 2.75) is 59.0 Å². The van der Waals surface area contributed by atoms with E-state index in [9.17, 15) is 14.4 Å². The zero-order valence-electron chi connectivity index (χ0n) is 21.4. The Morgan fingerprint density at radius 1 is 1.14 bits per heavy atom. The van der Waals surface area contributed by atoms with E-state index in [1.54, 1.807) is 6.08 Å². The summed E-state index contributed by atoms with van der Waals surface area (Å²) >= 11 is 0.890. The molecular formula is C28H31NO7S. The SMILES string of the molecule is Cc1c(C)c2c(c(C)c1OCCCC(=O)O)CCC(C)(COc1ccc(C=C3SC(=O)NC3=O)cc1)O2. The molecule has 9 heteroatoms. The molecule has 2 heterocycles. The number of carbonyl (C=O) groups excluding carboxylic acids is 2. The normalized spacial score (nSPS) is 19.8. The Kier molecular flexibility index (Phi) is 7.82. The lowest BCUT2D eigenvalue weighted by Crippen LogP contribution is -2.42. The van der Waals surface area contributed by atoms with Crippen LogP contribution in [0.4, 0.5) is 4.79 Å². The van der Waals surface area contributed by atoms with Gasteiger partial charge in [0.2, 0.25) is 0 Å². The molecule has 1 fully saturated rings. The first-order valence-electron chi connectivity index (χ1n) is 12.2. The number of hydrogen-bond acceptors (Lipinski definition) is 7. The highest BCUT2D eigenvalue weighted by atomic mass is 32.2. The van der Waals surface area contributed by atoms with Crippen LogP contribution in [0, 0.1) is 20.8 Å². The van der Waals surface area contributed by atoms with E-state index >= 15 is 0 Å². The second-order valence-corrected chi connectivity index (χ2v) is 10.6. The summed E-state index contributed by atoms with van der Waals surface area (Å²) in [4.78, 5) is 34.2. The van der Waals surface area contributed by atoms with Crippen LogP contribution in [0.5, 0.6) is 17.2 Å². The number of benzene rings is 2. The topological polar surface area (TPSA) is 111 Å². The molecule has 1 atom stereocenters. The lowest BCUT2D eigenvalue weighted by atomic mass is 9.87. The van der Waals surface area contributed by atoms with Crippen LogP contribution in [0.2, 0.25) is 0 Å². The fourth-order valence-electron chi connectivity index (χ4n) is 4.47. The quantitative estimate of drug-likeness (QED) is 0.333.